The van der Waals surface area contributed by atoms with Crippen molar-refractivity contribution in [2.45, 2.75) is 25.7 Å². The predicted octanol–water partition coefficient (Wildman–Crippen LogP) is -1.68. The Kier molecular flexibility index (Phi) is 8.25. The average Bonchev–Trinajstić information content (AvgIpc) is 3.23. The highest BCUT2D eigenvalue weighted by molar-refractivity contribution is 6.14. The largest absolute Gasteiger partial charge is 0.468 e. The molecule has 0 aromatic rings. The second-order valence-electron chi connectivity index (χ2n) is 7.74. The van der Waals surface area contributed by atoms with Gasteiger partial charge in [0, 0.05) is 21.1 Å². The van der Waals surface area contributed by atoms with Crippen molar-refractivity contribution in [1.82, 2.24) is 20.1 Å². The molecule has 2 aliphatic rings. The van der Waals surface area contributed by atoms with Gasteiger partial charge in [0.25, 0.3) is 11.6 Å². The first-order valence-corrected chi connectivity index (χ1v) is 10.5. The van der Waals surface area contributed by atoms with Crippen molar-refractivity contribution in [3.05, 3.63) is 11.4 Å². The Labute approximate surface area is 205 Å². The topological polar surface area (TPSA) is 199 Å². The highest BCUT2D eigenvalue weighted by atomic mass is 16.6. The number of nitrogens with zero attached hydrogens (tertiary/aromatic N) is 4. The number of hydrogen-bond acceptors (Lipinski definition) is 12. The second-order valence-corrected chi connectivity index (χ2v) is 7.74. The van der Waals surface area contributed by atoms with E-state index in [-0.39, 0.29) is 18.1 Å². The van der Waals surface area contributed by atoms with Gasteiger partial charge in [0.2, 0.25) is 0 Å². The lowest BCUT2D eigenvalue weighted by Crippen LogP contribution is -2.60. The summed E-state index contributed by atoms with van der Waals surface area (Å²) in [5.74, 6) is -6.44. The zero-order valence-corrected chi connectivity index (χ0v) is 20.8. The number of methoxy groups -OCH3 is 2. The van der Waals surface area contributed by atoms with E-state index in [4.69, 9.17) is 24.7 Å². The van der Waals surface area contributed by atoms with Crippen LogP contribution in [-0.4, -0.2) is 110 Å². The van der Waals surface area contributed by atoms with Gasteiger partial charge in [0.1, 0.15) is 5.82 Å². The summed E-state index contributed by atoms with van der Waals surface area (Å²) >= 11 is 0. The molecule has 2 heterocycles. The number of fused-ring (bicyclic) bond motifs is 1. The molecule has 16 heteroatoms. The lowest BCUT2D eigenvalue weighted by molar-refractivity contribution is -0.194. The smallest absolute Gasteiger partial charge is 0.341 e. The molecule has 2 rings (SSSR count). The Morgan fingerprint density at radius 1 is 1.19 bits per heavy atom. The molecule has 1 saturated heterocycles. The molecule has 0 radical (unpaired) electrons. The number of rotatable bonds is 9. The monoisotopic (exact) mass is 512 g/mol. The van der Waals surface area contributed by atoms with Crippen molar-refractivity contribution >= 4 is 41.6 Å². The summed E-state index contributed by atoms with van der Waals surface area (Å²) in [5, 5.41) is 3.66. The van der Waals surface area contributed by atoms with Gasteiger partial charge in [-0.1, -0.05) is 0 Å². The van der Waals surface area contributed by atoms with Gasteiger partial charge in [-0.3, -0.25) is 14.5 Å². The van der Waals surface area contributed by atoms with Crippen LogP contribution in [0.25, 0.3) is 0 Å². The van der Waals surface area contributed by atoms with Gasteiger partial charge in [0.05, 0.1) is 32.1 Å². The van der Waals surface area contributed by atoms with Crippen LogP contribution in [0.3, 0.4) is 0 Å². The van der Waals surface area contributed by atoms with E-state index in [1.54, 1.807) is 0 Å². The number of esters is 3. The molecule has 5 amide bonds. The van der Waals surface area contributed by atoms with Crippen molar-refractivity contribution in [3.63, 3.8) is 0 Å². The lowest BCUT2D eigenvalue weighted by Gasteiger charge is -2.36. The number of imide groups is 1. The fourth-order valence-electron chi connectivity index (χ4n) is 3.89. The van der Waals surface area contributed by atoms with Crippen molar-refractivity contribution in [3.8, 4) is 0 Å². The molecule has 1 fully saturated rings. The summed E-state index contributed by atoms with van der Waals surface area (Å²) in [5.41, 5.74) is 3.65. The quantitative estimate of drug-likeness (QED) is 0.117. The summed E-state index contributed by atoms with van der Waals surface area (Å²) in [4.78, 5) is 79.6. The number of likely N-dealkylation sites (N-methyl/N-ethyl adjacent to an activating group) is 1. The molecule has 0 aliphatic carbocycles. The molecule has 2 aliphatic heterocycles. The molecule has 3 unspecified atom stereocenters. The molecule has 0 aromatic heterocycles. The van der Waals surface area contributed by atoms with E-state index in [2.05, 4.69) is 5.10 Å². The van der Waals surface area contributed by atoms with E-state index in [0.29, 0.717) is 4.90 Å². The number of ether oxygens (including phenoxy) is 4. The van der Waals surface area contributed by atoms with Crippen LogP contribution in [0.4, 0.5) is 9.59 Å². The third kappa shape index (κ3) is 4.41. The fraction of sp³-hybridized carbons (Fsp3) is 0.550. The third-order valence-electron chi connectivity index (χ3n) is 5.34. The van der Waals surface area contributed by atoms with Gasteiger partial charge in [-0.05, 0) is 13.8 Å². The van der Waals surface area contributed by atoms with Crippen LogP contribution < -0.4 is 11.2 Å². The first-order chi connectivity index (χ1) is 16.8. The van der Waals surface area contributed by atoms with E-state index < -0.39 is 59.2 Å². The van der Waals surface area contributed by atoms with Gasteiger partial charge in [-0.2, -0.15) is 5.10 Å². The fourth-order valence-corrected chi connectivity index (χ4v) is 3.89. The van der Waals surface area contributed by atoms with Gasteiger partial charge in [-0.25, -0.2) is 29.5 Å². The molecule has 0 spiro atoms. The van der Waals surface area contributed by atoms with Gasteiger partial charge in [-0.15, -0.1) is 0 Å². The van der Waals surface area contributed by atoms with Crippen LogP contribution in [-0.2, 0) is 38.1 Å². The van der Waals surface area contributed by atoms with Crippen LogP contribution >= 0.6 is 0 Å². The van der Waals surface area contributed by atoms with Crippen molar-refractivity contribution in [1.29, 1.82) is 0 Å². The number of amides is 5. The number of nitrogens with two attached hydrogens (primary N) is 1. The Morgan fingerprint density at radius 2 is 1.81 bits per heavy atom. The molecular weight excluding hydrogens is 484 g/mol. The summed E-state index contributed by atoms with van der Waals surface area (Å²) in [6.45, 7) is 2.63. The van der Waals surface area contributed by atoms with Crippen molar-refractivity contribution in [2.24, 2.45) is 16.8 Å². The first-order valence-electron chi connectivity index (χ1n) is 10.5. The maximum absolute atomic E-state index is 13.6. The SMILES string of the molecule is CCOC(=O)C(OC12C(=O)N(C)C(=O)N1C(N(C)C)=C(C(=O)OC)C2C(=O)OC)/C(C)=N/NC(N)=O. The van der Waals surface area contributed by atoms with E-state index in [1.807, 2.05) is 5.43 Å². The van der Waals surface area contributed by atoms with E-state index in [9.17, 15) is 28.8 Å². The zero-order chi connectivity index (χ0) is 27.5. The Morgan fingerprint density at radius 3 is 2.28 bits per heavy atom. The molecule has 198 valence electrons. The Hall–Kier alpha value is -4.21. The minimum absolute atomic E-state index is 0.117. The molecule has 0 bridgehead atoms. The summed E-state index contributed by atoms with van der Waals surface area (Å²) in [7, 11) is 6.07. The number of carbonyl (C=O) groups is 6. The number of hydrazone groups is 1. The van der Waals surface area contributed by atoms with Crippen LogP contribution in [0.2, 0.25) is 0 Å². The maximum Gasteiger partial charge on any atom is 0.341 e. The molecule has 0 saturated carbocycles. The molecular formula is C20H28N6O10. The molecule has 0 aromatic carbocycles. The summed E-state index contributed by atoms with van der Waals surface area (Å²) in [6, 6.07) is -2.04. The lowest BCUT2D eigenvalue weighted by atomic mass is 9.89. The standard InChI is InChI=1S/C20H28N6O10/c1-8-35-16(29)12(9(2)22-23-18(21)31)36-20-11(15(28)34-7)10(14(27)33-6)13(24(3)4)26(20)19(32)25(5)17(20)30/h11-12H,8H2,1-7H3,(H3,21,23,31)/b22-9+. The van der Waals surface area contributed by atoms with Gasteiger partial charge >= 0.3 is 30.0 Å². The van der Waals surface area contributed by atoms with Gasteiger partial charge in [0.15, 0.2) is 12.0 Å². The minimum Gasteiger partial charge on any atom is -0.468 e. The Bertz CT molecular complexity index is 1050. The zero-order valence-electron chi connectivity index (χ0n) is 20.8. The normalized spacial score (nSPS) is 22.3. The van der Waals surface area contributed by atoms with Crippen LogP contribution in [0.1, 0.15) is 13.8 Å². The van der Waals surface area contributed by atoms with Crippen molar-refractivity contribution < 1.29 is 47.7 Å². The molecule has 36 heavy (non-hydrogen) atoms. The first kappa shape index (κ1) is 28.0. The number of hydrogen-bond donors (Lipinski definition) is 2. The average molecular weight is 512 g/mol. The highest BCUT2D eigenvalue weighted by Gasteiger charge is 2.73. The van der Waals surface area contributed by atoms with E-state index in [0.717, 1.165) is 26.2 Å². The highest BCUT2D eigenvalue weighted by Crippen LogP contribution is 2.50. The van der Waals surface area contributed by atoms with E-state index in [1.165, 1.54) is 32.8 Å². The molecule has 16 nitrogen and oxygen atoms in total. The third-order valence-corrected chi connectivity index (χ3v) is 5.34. The number of carbonyl (C=O) groups excluding carboxylic acids is 6. The molecule has 3 atom stereocenters. The number of nitrogens with one attached hydrogen (secondary N) is 1. The second kappa shape index (κ2) is 10.6. The van der Waals surface area contributed by atoms with Crippen LogP contribution in [0, 0.1) is 5.92 Å². The van der Waals surface area contributed by atoms with Crippen molar-refractivity contribution in [2.75, 3.05) is 42.0 Å². The van der Waals surface area contributed by atoms with Crippen LogP contribution in [0.15, 0.2) is 16.5 Å². The Balaban J connectivity index is 2.88. The number of urea groups is 2. The van der Waals surface area contributed by atoms with Gasteiger partial charge < -0.3 is 29.6 Å². The summed E-state index contributed by atoms with van der Waals surface area (Å²) in [6.07, 6.45) is -1.85. The van der Waals surface area contributed by atoms with E-state index >= 15 is 0 Å². The molecule has 3 N–H and O–H groups in total. The summed E-state index contributed by atoms with van der Waals surface area (Å²) < 4.78 is 20.7. The number of primary amides is 1. The minimum atomic E-state index is -2.62. The van der Waals surface area contributed by atoms with Crippen LogP contribution in [0.5, 0.6) is 0 Å². The predicted molar refractivity (Wildman–Crippen MR) is 118 cm³/mol. The maximum atomic E-state index is 13.6.